The Morgan fingerprint density at radius 1 is 1.00 bits per heavy atom. The van der Waals surface area contributed by atoms with Crippen LogP contribution in [0, 0.1) is 0 Å². The molecule has 0 aliphatic heterocycles. The molecule has 1 heterocycles. The highest BCUT2D eigenvalue weighted by molar-refractivity contribution is 6.42. The highest BCUT2D eigenvalue weighted by Crippen LogP contribution is 2.29. The molecule has 0 saturated carbocycles. The molecule has 152 valence electrons. The highest BCUT2D eigenvalue weighted by Gasteiger charge is 2.11. The first-order valence-corrected chi connectivity index (χ1v) is 10.8. The lowest BCUT2D eigenvalue weighted by molar-refractivity contribution is 0.619. The Morgan fingerprint density at radius 2 is 1.80 bits per heavy atom. The molecule has 4 aromatic rings. The minimum Gasteiger partial charge on any atom is -0.436 e. The normalized spacial score (nSPS) is 12.7. The van der Waals surface area contributed by atoms with Crippen LogP contribution in [0.2, 0.25) is 10.0 Å². The van der Waals surface area contributed by atoms with E-state index < -0.39 is 0 Å². The number of rotatable bonds is 6. The molecule has 0 aliphatic carbocycles. The average molecular weight is 437 g/mol. The maximum Gasteiger partial charge on any atom is 0.227 e. The summed E-state index contributed by atoms with van der Waals surface area (Å²) in [6, 6.07) is 19.5. The van der Waals surface area contributed by atoms with Crippen molar-refractivity contribution in [2.45, 2.75) is 32.6 Å². The van der Waals surface area contributed by atoms with Gasteiger partial charge in [0.15, 0.2) is 5.58 Å². The van der Waals surface area contributed by atoms with Gasteiger partial charge in [0.2, 0.25) is 5.89 Å². The molecule has 0 saturated heterocycles. The fourth-order valence-corrected chi connectivity index (χ4v) is 3.71. The van der Waals surface area contributed by atoms with Crippen molar-refractivity contribution in [3.05, 3.63) is 81.8 Å². The van der Waals surface area contributed by atoms with E-state index in [4.69, 9.17) is 32.6 Å². The Kier molecular flexibility index (Phi) is 6.21. The molecule has 0 aliphatic rings. The van der Waals surface area contributed by atoms with Crippen LogP contribution in [0.25, 0.3) is 22.6 Å². The summed E-state index contributed by atoms with van der Waals surface area (Å²) in [6.45, 7) is 4.46. The molecule has 0 fully saturated rings. The number of oxazole rings is 1. The van der Waals surface area contributed by atoms with Crippen LogP contribution in [0.5, 0.6) is 0 Å². The van der Waals surface area contributed by atoms with Crippen molar-refractivity contribution >= 4 is 46.2 Å². The predicted molar refractivity (Wildman–Crippen MR) is 126 cm³/mol. The lowest BCUT2D eigenvalue weighted by Gasteiger charge is -2.09. The summed E-state index contributed by atoms with van der Waals surface area (Å²) in [5, 5.41) is 1.04. The molecular formula is C25H22Cl2N2O. The van der Waals surface area contributed by atoms with Crippen molar-refractivity contribution in [1.82, 2.24) is 4.98 Å². The molecule has 3 nitrogen and oxygen atoms in total. The van der Waals surface area contributed by atoms with Crippen molar-refractivity contribution in [2.24, 2.45) is 4.99 Å². The van der Waals surface area contributed by atoms with Crippen molar-refractivity contribution in [1.29, 1.82) is 0 Å². The zero-order valence-electron chi connectivity index (χ0n) is 16.9. The molecule has 0 amide bonds. The first kappa shape index (κ1) is 20.6. The van der Waals surface area contributed by atoms with E-state index in [1.807, 2.05) is 36.4 Å². The third-order valence-electron chi connectivity index (χ3n) is 5.12. The van der Waals surface area contributed by atoms with Crippen LogP contribution in [-0.2, 0) is 0 Å². The molecule has 4 rings (SSSR count). The standard InChI is InChI=1S/C25H22Cl2N2O/c1-3-4-16(2)19-8-12-24-23(14-19)29-25(30-24)18-6-9-20(10-7-18)28-15-17-5-11-21(26)22(27)13-17/h5-16H,3-4H2,1-2H3/t16-/m0/s1. The molecule has 1 aromatic heterocycles. The second-order valence-electron chi connectivity index (χ2n) is 7.41. The SMILES string of the molecule is CCC[C@H](C)c1ccc2oc(-c3ccc(N=Cc4ccc(Cl)c(Cl)c4)cc3)nc2c1. The van der Waals surface area contributed by atoms with Gasteiger partial charge in [-0.2, -0.15) is 0 Å². The van der Waals surface area contributed by atoms with Gasteiger partial charge < -0.3 is 4.42 Å². The quantitative estimate of drug-likeness (QED) is 0.284. The van der Waals surface area contributed by atoms with Gasteiger partial charge in [0.05, 0.1) is 15.7 Å². The van der Waals surface area contributed by atoms with Crippen molar-refractivity contribution in [3.63, 3.8) is 0 Å². The Hall–Kier alpha value is -2.62. The maximum atomic E-state index is 6.05. The molecule has 0 N–H and O–H groups in total. The van der Waals surface area contributed by atoms with E-state index in [-0.39, 0.29) is 0 Å². The molecule has 5 heteroatoms. The summed E-state index contributed by atoms with van der Waals surface area (Å²) < 4.78 is 5.97. The summed E-state index contributed by atoms with van der Waals surface area (Å²) in [7, 11) is 0. The van der Waals surface area contributed by atoms with Crippen LogP contribution in [0.15, 0.2) is 70.1 Å². The Labute approximate surface area is 186 Å². The third-order valence-corrected chi connectivity index (χ3v) is 5.86. The lowest BCUT2D eigenvalue weighted by Crippen LogP contribution is -1.92. The number of aliphatic imine (C=N–C) groups is 1. The van der Waals surface area contributed by atoms with Gasteiger partial charge in [0, 0.05) is 11.8 Å². The zero-order valence-corrected chi connectivity index (χ0v) is 18.4. The average Bonchev–Trinajstić information content (AvgIpc) is 3.18. The number of fused-ring (bicyclic) bond motifs is 1. The maximum absolute atomic E-state index is 6.05. The van der Waals surface area contributed by atoms with E-state index in [0.29, 0.717) is 21.9 Å². The van der Waals surface area contributed by atoms with Gasteiger partial charge in [0.25, 0.3) is 0 Å². The number of nitrogens with zero attached hydrogens (tertiary/aromatic N) is 2. The van der Waals surface area contributed by atoms with E-state index >= 15 is 0 Å². The predicted octanol–water partition coefficient (Wildman–Crippen LogP) is 8.46. The Balaban J connectivity index is 1.53. The van der Waals surface area contributed by atoms with Gasteiger partial charge in [-0.15, -0.1) is 0 Å². The van der Waals surface area contributed by atoms with Gasteiger partial charge in [0.1, 0.15) is 5.52 Å². The van der Waals surface area contributed by atoms with Gasteiger partial charge in [-0.3, -0.25) is 4.99 Å². The minimum absolute atomic E-state index is 0.513. The molecule has 0 bridgehead atoms. The fraction of sp³-hybridized carbons (Fsp3) is 0.200. The molecule has 3 aromatic carbocycles. The first-order chi connectivity index (χ1) is 14.5. The molecule has 0 unspecified atom stereocenters. The van der Waals surface area contributed by atoms with Gasteiger partial charge in [-0.25, -0.2) is 4.98 Å². The van der Waals surface area contributed by atoms with Crippen LogP contribution in [0.4, 0.5) is 5.69 Å². The number of benzene rings is 3. The summed E-state index contributed by atoms with van der Waals surface area (Å²) in [4.78, 5) is 9.19. The highest BCUT2D eigenvalue weighted by atomic mass is 35.5. The lowest BCUT2D eigenvalue weighted by atomic mass is 9.96. The van der Waals surface area contributed by atoms with E-state index in [1.54, 1.807) is 18.3 Å². The van der Waals surface area contributed by atoms with Crippen molar-refractivity contribution in [3.8, 4) is 11.5 Å². The van der Waals surface area contributed by atoms with E-state index in [1.165, 1.54) is 18.4 Å². The first-order valence-electron chi connectivity index (χ1n) is 10.0. The third kappa shape index (κ3) is 4.58. The summed E-state index contributed by atoms with van der Waals surface area (Å²) in [5.74, 6) is 1.14. The van der Waals surface area contributed by atoms with Gasteiger partial charge >= 0.3 is 0 Å². The minimum atomic E-state index is 0.513. The molecule has 0 spiro atoms. The monoisotopic (exact) mass is 436 g/mol. The van der Waals surface area contributed by atoms with Crippen LogP contribution in [0.1, 0.15) is 43.7 Å². The fourth-order valence-electron chi connectivity index (χ4n) is 3.41. The van der Waals surface area contributed by atoms with E-state index in [0.717, 1.165) is 27.9 Å². The van der Waals surface area contributed by atoms with Crippen molar-refractivity contribution in [2.75, 3.05) is 0 Å². The van der Waals surface area contributed by atoms with E-state index in [2.05, 4.69) is 31.0 Å². The van der Waals surface area contributed by atoms with Gasteiger partial charge in [-0.1, -0.05) is 55.6 Å². The second kappa shape index (κ2) is 9.03. The number of halogens is 2. The summed E-state index contributed by atoms with van der Waals surface area (Å²) in [6.07, 6.45) is 4.10. The Bertz CT molecular complexity index is 1200. The topological polar surface area (TPSA) is 38.4 Å². The van der Waals surface area contributed by atoms with Crippen molar-refractivity contribution < 1.29 is 4.42 Å². The summed E-state index contributed by atoms with van der Waals surface area (Å²) in [5.41, 5.74) is 5.64. The molecule has 0 radical (unpaired) electrons. The number of aromatic nitrogens is 1. The van der Waals surface area contributed by atoms with E-state index in [9.17, 15) is 0 Å². The second-order valence-corrected chi connectivity index (χ2v) is 8.23. The number of hydrogen-bond acceptors (Lipinski definition) is 3. The van der Waals surface area contributed by atoms with Gasteiger partial charge in [-0.05, 0) is 72.0 Å². The summed E-state index contributed by atoms with van der Waals surface area (Å²) >= 11 is 12.0. The van der Waals surface area contributed by atoms with Crippen LogP contribution >= 0.6 is 23.2 Å². The smallest absolute Gasteiger partial charge is 0.227 e. The largest absolute Gasteiger partial charge is 0.436 e. The van der Waals surface area contributed by atoms with Crippen LogP contribution < -0.4 is 0 Å². The molecular weight excluding hydrogens is 415 g/mol. The molecule has 1 atom stereocenters. The molecule has 30 heavy (non-hydrogen) atoms. The Morgan fingerprint density at radius 3 is 2.53 bits per heavy atom. The van der Waals surface area contributed by atoms with Crippen LogP contribution in [-0.4, -0.2) is 11.2 Å². The number of hydrogen-bond donors (Lipinski definition) is 0. The van der Waals surface area contributed by atoms with Crippen LogP contribution in [0.3, 0.4) is 0 Å². The zero-order chi connectivity index (χ0) is 21.1.